The molecule has 0 bridgehead atoms. The largest absolute Gasteiger partial charge is 0.497 e. The van der Waals surface area contributed by atoms with Crippen molar-refractivity contribution in [2.24, 2.45) is 28.8 Å². The van der Waals surface area contributed by atoms with Gasteiger partial charge in [0.1, 0.15) is 35.6 Å². The minimum absolute atomic E-state index is 0.00987. The fraction of sp³-hybridized carbons (Fsp3) is 0.479. The number of aliphatic hydroxyl groups excluding tert-OH is 2. The predicted molar refractivity (Wildman–Crippen MR) is 231 cm³/mol. The van der Waals surface area contributed by atoms with Gasteiger partial charge in [0.2, 0.25) is 11.7 Å². The summed E-state index contributed by atoms with van der Waals surface area (Å²) < 4.78 is 31.0. The number of allylic oxidation sites excluding steroid dienone is 1. The Hall–Kier alpha value is -5.37. The van der Waals surface area contributed by atoms with Gasteiger partial charge in [0.05, 0.1) is 38.1 Å². The summed E-state index contributed by atoms with van der Waals surface area (Å²) in [4.78, 5) is 35.5. The molecule has 0 saturated heterocycles. The number of nitrogens with one attached hydrogen (secondary N) is 1. The highest BCUT2D eigenvalue weighted by Gasteiger charge is 2.65. The van der Waals surface area contributed by atoms with Crippen molar-refractivity contribution in [2.75, 3.05) is 46.4 Å². The van der Waals surface area contributed by atoms with Crippen molar-refractivity contribution in [3.8, 4) is 23.0 Å². The first-order chi connectivity index (χ1) is 29.7. The number of rotatable bonds is 20. The van der Waals surface area contributed by atoms with Crippen LogP contribution in [0.15, 0.2) is 96.2 Å². The van der Waals surface area contributed by atoms with E-state index in [4.69, 9.17) is 33.7 Å². The highest BCUT2D eigenvalue weighted by atomic mass is 16.7. The Morgan fingerprint density at radius 3 is 2.43 bits per heavy atom. The molecule has 326 valence electrons. The average molecular weight is 838 g/mol. The SMILES string of the molecule is C=CCO[C@@]12Oc3ccc(OC(=O)Nc4ccc(OC)cc4OC)cc3[C@H]3[C@H](CCCCO)[C@@H](CCCCO)C=C(C(=NOCc4ccccc4)C[C@@H]1N(C)C(=O)C1CC1)[C@H]32. The van der Waals surface area contributed by atoms with E-state index >= 15 is 0 Å². The van der Waals surface area contributed by atoms with E-state index in [0.29, 0.717) is 47.9 Å². The lowest BCUT2D eigenvalue weighted by Gasteiger charge is -2.59. The van der Waals surface area contributed by atoms with Crippen LogP contribution in [0.2, 0.25) is 0 Å². The van der Waals surface area contributed by atoms with E-state index in [1.807, 2.05) is 49.5 Å². The molecule has 13 nitrogen and oxygen atoms in total. The summed E-state index contributed by atoms with van der Waals surface area (Å²) in [6.45, 7) is 4.59. The Morgan fingerprint density at radius 1 is 0.967 bits per heavy atom. The molecule has 1 aliphatic heterocycles. The number of anilines is 1. The lowest BCUT2D eigenvalue weighted by Crippen LogP contribution is -2.69. The van der Waals surface area contributed by atoms with Gasteiger partial charge in [-0.25, -0.2) is 4.79 Å². The number of amides is 2. The van der Waals surface area contributed by atoms with Crippen molar-refractivity contribution in [1.82, 2.24) is 4.90 Å². The lowest BCUT2D eigenvalue weighted by molar-refractivity contribution is -0.255. The number of benzene rings is 3. The van der Waals surface area contributed by atoms with Gasteiger partial charge in [-0.05, 0) is 91.8 Å². The summed E-state index contributed by atoms with van der Waals surface area (Å²) in [5.74, 6) is -0.216. The van der Waals surface area contributed by atoms with Crippen LogP contribution in [0.25, 0.3) is 0 Å². The second kappa shape index (κ2) is 20.0. The minimum atomic E-state index is -1.36. The first kappa shape index (κ1) is 43.7. The molecular weight excluding hydrogens is 779 g/mol. The molecule has 3 aromatic carbocycles. The first-order valence-corrected chi connectivity index (χ1v) is 21.5. The van der Waals surface area contributed by atoms with E-state index in [9.17, 15) is 19.8 Å². The zero-order chi connectivity index (χ0) is 42.9. The molecule has 2 fully saturated rings. The van der Waals surface area contributed by atoms with Crippen molar-refractivity contribution >= 4 is 23.4 Å². The summed E-state index contributed by atoms with van der Waals surface area (Å²) in [5, 5.41) is 27.5. The Kier molecular flexibility index (Phi) is 14.3. The van der Waals surface area contributed by atoms with Gasteiger partial charge < -0.3 is 43.6 Å². The lowest BCUT2D eigenvalue weighted by atomic mass is 9.55. The van der Waals surface area contributed by atoms with E-state index in [1.54, 1.807) is 42.4 Å². The molecule has 3 aromatic rings. The molecule has 2 amide bonds. The topological polar surface area (TPSA) is 158 Å². The fourth-order valence-electron chi connectivity index (χ4n) is 9.47. The Bertz CT molecular complexity index is 2070. The van der Waals surface area contributed by atoms with E-state index in [-0.39, 0.29) is 56.0 Å². The number of hydrogen-bond acceptors (Lipinski definition) is 11. The summed E-state index contributed by atoms with van der Waals surface area (Å²) in [5.41, 5.74) is 3.87. The maximum atomic E-state index is 14.1. The number of methoxy groups -OCH3 is 2. The van der Waals surface area contributed by atoms with Gasteiger partial charge in [-0.15, -0.1) is 6.58 Å². The standard InChI is InChI=1S/C48H59N3O10/c1-5-25-58-48-43(51(2)46(54)32-17-18-32)29-40(50-59-30-31-13-7-6-8-14-31)37-26-33(15-9-11-23-52)36(16-10-12-24-53)44(45(37)48)38-27-35(20-22-41(38)61-48)60-47(55)49-39-21-19-34(56-3)28-42(39)57-4/h5-8,13-14,19-22,26-28,32-33,36,43-45,52-53H,1,9-12,15-18,23-25,29-30H2,2-4H3,(H,49,55)/t33-,36+,43-,44+,45+,48+/m0/s1. The number of fused-ring (bicyclic) bond motifs is 2. The molecule has 1 heterocycles. The number of unbranched alkanes of at least 4 members (excludes halogenated alkanes) is 2. The second-order valence-corrected chi connectivity index (χ2v) is 16.3. The van der Waals surface area contributed by atoms with Crippen LogP contribution < -0.4 is 24.3 Å². The molecule has 0 spiro atoms. The highest BCUT2D eigenvalue weighted by molar-refractivity contribution is 6.03. The molecule has 61 heavy (non-hydrogen) atoms. The molecule has 0 radical (unpaired) electrons. The van der Waals surface area contributed by atoms with Crippen LogP contribution in [-0.4, -0.2) is 85.7 Å². The summed E-state index contributed by atoms with van der Waals surface area (Å²) in [6, 6.07) is 19.7. The first-order valence-electron chi connectivity index (χ1n) is 21.5. The zero-order valence-electron chi connectivity index (χ0n) is 35.4. The van der Waals surface area contributed by atoms with Crippen LogP contribution in [-0.2, 0) is 21.0 Å². The van der Waals surface area contributed by atoms with Crippen LogP contribution in [0, 0.1) is 23.7 Å². The van der Waals surface area contributed by atoms with Gasteiger partial charge in [-0.1, -0.05) is 60.5 Å². The van der Waals surface area contributed by atoms with Gasteiger partial charge in [0, 0.05) is 50.1 Å². The van der Waals surface area contributed by atoms with Crippen LogP contribution in [0.4, 0.5) is 10.5 Å². The van der Waals surface area contributed by atoms with Gasteiger partial charge >= 0.3 is 6.09 Å². The van der Waals surface area contributed by atoms with Crippen molar-refractivity contribution in [2.45, 2.75) is 82.1 Å². The number of aliphatic hydroxyl groups is 2. The smallest absolute Gasteiger partial charge is 0.417 e. The number of hydrogen-bond donors (Lipinski definition) is 3. The third kappa shape index (κ3) is 9.59. The fourth-order valence-corrected chi connectivity index (χ4v) is 9.47. The van der Waals surface area contributed by atoms with Crippen molar-refractivity contribution in [1.29, 1.82) is 0 Å². The molecular formula is C48H59N3O10. The van der Waals surface area contributed by atoms with Gasteiger partial charge in [0.15, 0.2) is 0 Å². The van der Waals surface area contributed by atoms with E-state index < -0.39 is 23.8 Å². The quantitative estimate of drug-likeness (QED) is 0.0579. The van der Waals surface area contributed by atoms with Crippen LogP contribution in [0.1, 0.15) is 74.8 Å². The number of carbonyl (C=O) groups excluding carboxylic acids is 2. The Balaban J connectivity index is 1.35. The van der Waals surface area contributed by atoms with Crippen molar-refractivity contribution < 1.29 is 48.3 Å². The maximum absolute atomic E-state index is 14.1. The molecule has 0 unspecified atom stereocenters. The monoisotopic (exact) mass is 837 g/mol. The number of oxime groups is 1. The Labute approximate surface area is 358 Å². The van der Waals surface area contributed by atoms with E-state index in [0.717, 1.165) is 60.9 Å². The van der Waals surface area contributed by atoms with Crippen molar-refractivity contribution in [3.05, 3.63) is 102 Å². The van der Waals surface area contributed by atoms with Crippen molar-refractivity contribution in [3.63, 3.8) is 0 Å². The van der Waals surface area contributed by atoms with Crippen LogP contribution in [0.3, 0.4) is 0 Å². The van der Waals surface area contributed by atoms with Gasteiger partial charge in [0.25, 0.3) is 0 Å². The molecule has 13 heteroatoms. The van der Waals surface area contributed by atoms with Crippen LogP contribution in [0.5, 0.6) is 23.0 Å². The number of ether oxygens (including phenoxy) is 5. The van der Waals surface area contributed by atoms with Crippen LogP contribution >= 0.6 is 0 Å². The maximum Gasteiger partial charge on any atom is 0.417 e. The summed E-state index contributed by atoms with van der Waals surface area (Å²) in [7, 11) is 4.90. The summed E-state index contributed by atoms with van der Waals surface area (Å²) in [6.07, 6.45) is 9.73. The third-order valence-corrected chi connectivity index (χ3v) is 12.5. The van der Waals surface area contributed by atoms with E-state index in [2.05, 4.69) is 18.0 Å². The molecule has 0 aromatic heterocycles. The van der Waals surface area contributed by atoms with E-state index in [1.165, 1.54) is 7.11 Å². The summed E-state index contributed by atoms with van der Waals surface area (Å²) >= 11 is 0. The average Bonchev–Trinajstić information content (AvgIpc) is 4.13. The predicted octanol–water partition coefficient (Wildman–Crippen LogP) is 8.02. The number of carbonyl (C=O) groups is 2. The molecule has 3 N–H and O–H groups in total. The molecule has 7 rings (SSSR count). The molecule has 4 aliphatic rings. The Morgan fingerprint density at radius 2 is 1.72 bits per heavy atom. The number of likely N-dealkylation sites (N-methyl/N-ethyl adjacent to an activating group) is 1. The third-order valence-electron chi connectivity index (χ3n) is 12.5. The minimum Gasteiger partial charge on any atom is -0.497 e. The molecule has 3 aliphatic carbocycles. The zero-order valence-corrected chi connectivity index (χ0v) is 35.4. The highest BCUT2D eigenvalue weighted by Crippen LogP contribution is 2.62. The molecule has 6 atom stereocenters. The van der Waals surface area contributed by atoms with Gasteiger partial charge in [-0.2, -0.15) is 0 Å². The van der Waals surface area contributed by atoms with Gasteiger partial charge in [-0.3, -0.25) is 10.1 Å². The second-order valence-electron chi connectivity index (χ2n) is 16.3. The number of nitrogens with zero attached hydrogens (tertiary/aromatic N) is 2. The normalized spacial score (nSPS) is 24.3. The molecule has 2 saturated carbocycles.